The van der Waals surface area contributed by atoms with Crippen molar-refractivity contribution in [3.63, 3.8) is 0 Å². The van der Waals surface area contributed by atoms with Crippen molar-refractivity contribution in [3.05, 3.63) is 59.7 Å². The number of aliphatic carboxylic acids is 1. The summed E-state index contributed by atoms with van der Waals surface area (Å²) in [7, 11) is 0. The van der Waals surface area contributed by atoms with E-state index in [-0.39, 0.29) is 36.9 Å². The summed E-state index contributed by atoms with van der Waals surface area (Å²) >= 11 is 0. The van der Waals surface area contributed by atoms with E-state index in [0.29, 0.717) is 25.8 Å². The highest BCUT2D eigenvalue weighted by Crippen LogP contribution is 2.44. The molecule has 2 aromatic carbocycles. The number of carboxylic acids is 1. The molecule has 0 radical (unpaired) electrons. The number of carbonyl (C=O) groups excluding carboxylic acids is 2. The Hall–Kier alpha value is -3.35. The highest BCUT2D eigenvalue weighted by atomic mass is 16.5. The Bertz CT molecular complexity index is 1070. The van der Waals surface area contributed by atoms with Crippen LogP contribution in [0.25, 0.3) is 11.1 Å². The molecule has 1 saturated carbocycles. The number of nitrogens with one attached hydrogen (secondary N) is 1. The summed E-state index contributed by atoms with van der Waals surface area (Å²) in [4.78, 5) is 39.3. The Labute approximate surface area is 205 Å². The molecule has 7 nitrogen and oxygen atoms in total. The average Bonchev–Trinajstić information content (AvgIpc) is 3.21. The molecule has 1 aliphatic heterocycles. The van der Waals surface area contributed by atoms with Crippen molar-refractivity contribution in [1.82, 2.24) is 10.2 Å². The van der Waals surface area contributed by atoms with Gasteiger partial charge >= 0.3 is 12.1 Å². The number of carbonyl (C=O) groups is 3. The standard InChI is InChI=1S/C28H32N2O5/c31-26(30-15-7-8-18(16-30)27(32)33)23-13-5-6-14-25(23)29-28(34)35-17-24-21-11-3-1-9-19(21)20-10-2-4-12-22(20)24/h1-4,9-12,18,23-25H,5-8,13-17H2,(H,29,34)(H,32,33)/t18?,23-,25+/m0/s1. The Morgan fingerprint density at radius 3 is 2.26 bits per heavy atom. The predicted octanol–water partition coefficient (Wildman–Crippen LogP) is 4.41. The first-order chi connectivity index (χ1) is 17.0. The number of hydrogen-bond donors (Lipinski definition) is 2. The number of likely N-dealkylation sites (tertiary alicyclic amines) is 1. The van der Waals surface area contributed by atoms with Gasteiger partial charge in [-0.3, -0.25) is 9.59 Å². The van der Waals surface area contributed by atoms with E-state index in [1.165, 1.54) is 11.1 Å². The number of alkyl carbamates (subject to hydrolysis) is 1. The van der Waals surface area contributed by atoms with Gasteiger partial charge in [-0.2, -0.15) is 0 Å². The lowest BCUT2D eigenvalue weighted by Gasteiger charge is -2.37. The van der Waals surface area contributed by atoms with Gasteiger partial charge in [0.1, 0.15) is 6.61 Å². The van der Waals surface area contributed by atoms with Crippen LogP contribution in [0, 0.1) is 11.8 Å². The molecule has 0 bridgehead atoms. The van der Waals surface area contributed by atoms with E-state index in [2.05, 4.69) is 29.6 Å². The lowest BCUT2D eigenvalue weighted by atomic mass is 9.83. The van der Waals surface area contributed by atoms with Gasteiger partial charge in [-0.05, 0) is 47.9 Å². The second kappa shape index (κ2) is 10.1. The maximum Gasteiger partial charge on any atom is 0.407 e. The van der Waals surface area contributed by atoms with Crippen LogP contribution in [0.15, 0.2) is 48.5 Å². The zero-order chi connectivity index (χ0) is 24.4. The van der Waals surface area contributed by atoms with Gasteiger partial charge in [0.15, 0.2) is 0 Å². The van der Waals surface area contributed by atoms with Gasteiger partial charge in [0.05, 0.1) is 11.8 Å². The van der Waals surface area contributed by atoms with Crippen LogP contribution in [-0.4, -0.2) is 53.7 Å². The van der Waals surface area contributed by atoms with Crippen LogP contribution in [0.2, 0.25) is 0 Å². The second-order valence-electron chi connectivity index (χ2n) is 9.93. The number of ether oxygens (including phenoxy) is 1. The SMILES string of the molecule is O=C(N[C@@H]1CCCC[C@@H]1C(=O)N1CCCC(C(=O)O)C1)OCC1c2ccccc2-c2ccccc21. The Morgan fingerprint density at radius 2 is 1.57 bits per heavy atom. The third-order valence-corrected chi connectivity index (χ3v) is 7.81. The molecular formula is C28H32N2O5. The Balaban J connectivity index is 1.22. The van der Waals surface area contributed by atoms with Crippen LogP contribution in [-0.2, 0) is 14.3 Å². The van der Waals surface area contributed by atoms with Crippen LogP contribution in [0.5, 0.6) is 0 Å². The highest BCUT2D eigenvalue weighted by Gasteiger charge is 2.38. The number of piperidine rings is 1. The second-order valence-corrected chi connectivity index (χ2v) is 9.93. The zero-order valence-electron chi connectivity index (χ0n) is 19.8. The number of fused-ring (bicyclic) bond motifs is 3. The molecule has 0 aromatic heterocycles. The summed E-state index contributed by atoms with van der Waals surface area (Å²) in [6.07, 6.45) is 4.08. The molecule has 2 aromatic rings. The fraction of sp³-hybridized carbons (Fsp3) is 0.464. The van der Waals surface area contributed by atoms with E-state index in [0.717, 1.165) is 30.4 Å². The number of carboxylic acid groups (broad SMARTS) is 1. The quantitative estimate of drug-likeness (QED) is 0.667. The minimum Gasteiger partial charge on any atom is -0.481 e. The van der Waals surface area contributed by atoms with Crippen molar-refractivity contribution in [2.45, 2.75) is 50.5 Å². The summed E-state index contributed by atoms with van der Waals surface area (Å²) in [6, 6.07) is 16.1. The average molecular weight is 477 g/mol. The lowest BCUT2D eigenvalue weighted by Crippen LogP contribution is -2.52. The van der Waals surface area contributed by atoms with E-state index in [1.54, 1.807) is 4.90 Å². The third kappa shape index (κ3) is 4.77. The lowest BCUT2D eigenvalue weighted by molar-refractivity contribution is -0.147. The van der Waals surface area contributed by atoms with Crippen LogP contribution in [0.4, 0.5) is 4.79 Å². The molecule has 2 aliphatic carbocycles. The smallest absolute Gasteiger partial charge is 0.407 e. The topological polar surface area (TPSA) is 95.9 Å². The molecule has 0 spiro atoms. The normalized spacial score (nSPS) is 23.8. The van der Waals surface area contributed by atoms with Gasteiger partial charge in [0.2, 0.25) is 5.91 Å². The van der Waals surface area contributed by atoms with Gasteiger partial charge in [0, 0.05) is 25.0 Å². The van der Waals surface area contributed by atoms with Gasteiger partial charge in [-0.25, -0.2) is 4.79 Å². The van der Waals surface area contributed by atoms with Gasteiger partial charge in [0.25, 0.3) is 0 Å². The summed E-state index contributed by atoms with van der Waals surface area (Å²) in [6.45, 7) is 1.07. The number of nitrogens with zero attached hydrogens (tertiary/aromatic N) is 1. The molecule has 7 heteroatoms. The van der Waals surface area contributed by atoms with E-state index in [1.807, 2.05) is 24.3 Å². The van der Waals surface area contributed by atoms with Crippen LogP contribution in [0.3, 0.4) is 0 Å². The van der Waals surface area contributed by atoms with E-state index in [9.17, 15) is 19.5 Å². The molecule has 1 saturated heterocycles. The van der Waals surface area contributed by atoms with Crippen molar-refractivity contribution < 1.29 is 24.2 Å². The van der Waals surface area contributed by atoms with Crippen molar-refractivity contribution in [3.8, 4) is 11.1 Å². The van der Waals surface area contributed by atoms with Gasteiger partial charge in [-0.1, -0.05) is 61.4 Å². The summed E-state index contributed by atoms with van der Waals surface area (Å²) in [5.74, 6) is -1.75. The third-order valence-electron chi connectivity index (χ3n) is 7.81. The fourth-order valence-electron chi connectivity index (χ4n) is 6.00. The minimum atomic E-state index is -0.848. The molecule has 5 rings (SSSR count). The first-order valence-electron chi connectivity index (χ1n) is 12.7. The molecule has 184 valence electrons. The number of benzene rings is 2. The summed E-state index contributed by atoms with van der Waals surface area (Å²) in [5.41, 5.74) is 4.67. The van der Waals surface area contributed by atoms with Gasteiger partial charge in [-0.15, -0.1) is 0 Å². The molecule has 2 N–H and O–H groups in total. The Morgan fingerprint density at radius 1 is 0.914 bits per heavy atom. The van der Waals surface area contributed by atoms with Crippen molar-refractivity contribution >= 4 is 18.0 Å². The highest BCUT2D eigenvalue weighted by molar-refractivity contribution is 5.82. The van der Waals surface area contributed by atoms with Crippen LogP contribution in [0.1, 0.15) is 55.6 Å². The predicted molar refractivity (Wildman–Crippen MR) is 131 cm³/mol. The monoisotopic (exact) mass is 476 g/mol. The van der Waals surface area contributed by atoms with E-state index >= 15 is 0 Å². The van der Waals surface area contributed by atoms with E-state index in [4.69, 9.17) is 4.74 Å². The minimum absolute atomic E-state index is 0.0155. The molecule has 35 heavy (non-hydrogen) atoms. The summed E-state index contributed by atoms with van der Waals surface area (Å²) < 4.78 is 5.71. The zero-order valence-corrected chi connectivity index (χ0v) is 19.8. The molecule has 3 aliphatic rings. The molecule has 2 amide bonds. The van der Waals surface area contributed by atoms with Crippen molar-refractivity contribution in [1.29, 1.82) is 0 Å². The van der Waals surface area contributed by atoms with Crippen molar-refractivity contribution in [2.75, 3.05) is 19.7 Å². The number of rotatable bonds is 5. The molecule has 3 atom stereocenters. The Kier molecular flexibility index (Phi) is 6.75. The molecule has 1 heterocycles. The molecular weight excluding hydrogens is 444 g/mol. The summed E-state index contributed by atoms with van der Waals surface area (Å²) in [5, 5.41) is 12.3. The first-order valence-corrected chi connectivity index (χ1v) is 12.7. The number of hydrogen-bond acceptors (Lipinski definition) is 4. The van der Waals surface area contributed by atoms with Crippen LogP contribution < -0.4 is 5.32 Å². The maximum absolute atomic E-state index is 13.3. The van der Waals surface area contributed by atoms with E-state index < -0.39 is 18.0 Å². The van der Waals surface area contributed by atoms with Gasteiger partial charge < -0.3 is 20.1 Å². The van der Waals surface area contributed by atoms with Crippen LogP contribution >= 0.6 is 0 Å². The first kappa shape index (κ1) is 23.4. The number of amides is 2. The largest absolute Gasteiger partial charge is 0.481 e. The van der Waals surface area contributed by atoms with Crippen molar-refractivity contribution in [2.24, 2.45) is 11.8 Å². The molecule has 1 unspecified atom stereocenters. The maximum atomic E-state index is 13.3. The molecule has 2 fully saturated rings. The fourth-order valence-corrected chi connectivity index (χ4v) is 6.00.